The molecular weight excluding hydrogens is 1130 g/mol. The number of nitrogens with two attached hydrogens (primary N) is 1. The van der Waals surface area contributed by atoms with Crippen molar-refractivity contribution >= 4 is 71.0 Å². The Labute approximate surface area is 503 Å². The molecule has 27 nitrogen and oxygen atoms in total. The minimum Gasteiger partial charge on any atom is -0.481 e. The lowest BCUT2D eigenvalue weighted by atomic mass is 10.00. The van der Waals surface area contributed by atoms with E-state index in [1.54, 1.807) is 86.6 Å². The van der Waals surface area contributed by atoms with E-state index in [0.29, 0.717) is 17.5 Å². The van der Waals surface area contributed by atoms with Crippen LogP contribution in [0.1, 0.15) is 83.9 Å². The van der Waals surface area contributed by atoms with E-state index >= 15 is 0 Å². The molecule has 2 aliphatic rings. The van der Waals surface area contributed by atoms with Gasteiger partial charge < -0.3 is 78.5 Å². The molecule has 14 N–H and O–H groups in total. The van der Waals surface area contributed by atoms with Crippen molar-refractivity contribution < 1.29 is 78.0 Å². The second-order valence-corrected chi connectivity index (χ2v) is 22.6. The van der Waals surface area contributed by atoms with Crippen molar-refractivity contribution in [2.24, 2.45) is 17.6 Å². The number of benzene rings is 3. The molecule has 2 heterocycles. The Morgan fingerprint density at radius 3 is 1.57 bits per heavy atom. The lowest BCUT2D eigenvalue weighted by Crippen LogP contribution is -2.62. The van der Waals surface area contributed by atoms with Gasteiger partial charge in [0.1, 0.15) is 54.4 Å². The molecule has 0 aromatic heterocycles. The summed E-state index contributed by atoms with van der Waals surface area (Å²) in [6.07, 6.45) is -3.65. The van der Waals surface area contributed by atoms with E-state index in [4.69, 9.17) is 5.73 Å². The number of likely N-dealkylation sites (tertiary alicyclic amines) is 2. The zero-order valence-electron chi connectivity index (χ0n) is 49.5. The Hall–Kier alpha value is -8.82. The summed E-state index contributed by atoms with van der Waals surface area (Å²) in [5.41, 5.74) is 8.23. The number of carboxylic acid groups (broad SMARTS) is 2. The smallest absolute Gasteiger partial charge is 0.326 e. The fourth-order valence-electron chi connectivity index (χ4n) is 10.1. The van der Waals surface area contributed by atoms with Crippen LogP contribution in [-0.2, 0) is 76.8 Å². The van der Waals surface area contributed by atoms with Crippen molar-refractivity contribution in [3.63, 3.8) is 0 Å². The molecule has 2 aliphatic heterocycles. The van der Waals surface area contributed by atoms with Gasteiger partial charge in [-0.3, -0.25) is 52.7 Å². The summed E-state index contributed by atoms with van der Waals surface area (Å²) in [7, 11) is 0. The summed E-state index contributed by atoms with van der Waals surface area (Å²) in [5, 5.41) is 60.9. The summed E-state index contributed by atoms with van der Waals surface area (Å²) in [5.74, 6) is -12.9. The van der Waals surface area contributed by atoms with E-state index in [1.807, 2.05) is 18.2 Å². The lowest BCUT2D eigenvalue weighted by molar-refractivity contribution is -0.144. The number of nitrogens with one attached hydrogen (secondary N) is 8. The normalized spacial score (nSPS) is 18.7. The van der Waals surface area contributed by atoms with E-state index in [1.165, 1.54) is 25.7 Å². The molecule has 2 fully saturated rings. The summed E-state index contributed by atoms with van der Waals surface area (Å²) in [6.45, 7) is 7.85. The van der Waals surface area contributed by atoms with Crippen LogP contribution in [0, 0.1) is 11.8 Å². The Balaban J connectivity index is 1.20. The fraction of sp³-hybridized carbons (Fsp3) is 0.500. The van der Waals surface area contributed by atoms with Crippen LogP contribution in [0.4, 0.5) is 0 Å². The molecule has 0 aliphatic carbocycles. The Morgan fingerprint density at radius 2 is 1.05 bits per heavy atom. The van der Waals surface area contributed by atoms with E-state index in [0.717, 1.165) is 17.4 Å². The van der Waals surface area contributed by atoms with E-state index in [-0.39, 0.29) is 45.2 Å². The van der Waals surface area contributed by atoms with Crippen molar-refractivity contribution in [1.29, 1.82) is 0 Å². The van der Waals surface area contributed by atoms with Gasteiger partial charge in [-0.1, -0.05) is 119 Å². The van der Waals surface area contributed by atoms with Gasteiger partial charge in [0.2, 0.25) is 59.1 Å². The van der Waals surface area contributed by atoms with Crippen LogP contribution in [-0.4, -0.2) is 193 Å². The molecule has 0 radical (unpaired) electrons. The number of amides is 10. The highest BCUT2D eigenvalue weighted by Crippen LogP contribution is 2.22. The van der Waals surface area contributed by atoms with Crippen molar-refractivity contribution in [2.75, 3.05) is 19.6 Å². The highest BCUT2D eigenvalue weighted by Gasteiger charge is 2.43. The summed E-state index contributed by atoms with van der Waals surface area (Å²) >= 11 is 0. The number of hydrogen-bond acceptors (Lipinski definition) is 15. The van der Waals surface area contributed by atoms with Gasteiger partial charge >= 0.3 is 11.9 Å². The molecule has 0 unspecified atom stereocenters. The molecule has 2 saturated heterocycles. The zero-order chi connectivity index (χ0) is 64.2. The average Bonchev–Trinajstić information content (AvgIpc) is 2.75. The standard InChI is InChI=1S/C60H81N11O16/c1-32(2)48(67-54(80)42(29-47(75)76)65-58(84)50(35(6)72)69-55(81)44-23-16-24-70(44)59(85)49(33(3)4)68-52(78)40(61)25-36-17-10-7-11-18-36)57(83)62-30-46(74)71-31-39(73)28-45(71)56(82)64-41(26-37-19-12-8-13-20-37)53(79)63-34(5)51(77)66-43(60(86)87)27-38-21-14-9-15-22-38/h7-15,17-22,32-35,39-45,48-50,72-73H,16,23-31,61H2,1-6H3,(H,62,83)(H,63,79)(H,64,82)(H,65,84)(H,66,77)(H,67,80)(H,68,78)(H,69,81)(H,75,76)(H,86,87)/t34-,35+,39+,40-,41-,42-,43-,44-,45-,48-,49-,50-/m0/s1. The third kappa shape index (κ3) is 20.4. The molecule has 0 saturated carbocycles. The van der Waals surface area contributed by atoms with Crippen molar-refractivity contribution in [1.82, 2.24) is 52.3 Å². The van der Waals surface area contributed by atoms with Crippen LogP contribution in [0.3, 0.4) is 0 Å². The van der Waals surface area contributed by atoms with Crippen LogP contribution >= 0.6 is 0 Å². The molecule has 87 heavy (non-hydrogen) atoms. The maximum Gasteiger partial charge on any atom is 0.326 e. The first-order valence-corrected chi connectivity index (χ1v) is 28.8. The van der Waals surface area contributed by atoms with Gasteiger partial charge in [-0.2, -0.15) is 0 Å². The topological polar surface area (TPSA) is 414 Å². The first-order valence-electron chi connectivity index (χ1n) is 28.8. The minimum absolute atomic E-state index is 0.0440. The summed E-state index contributed by atoms with van der Waals surface area (Å²) in [4.78, 5) is 164. The SMILES string of the molecule is CC(C)[C@H](NC(=O)[C@H](CC(=O)O)NC(=O)[C@@H](NC(=O)[C@@H]1CCCN1C(=O)[C@@H](NC(=O)[C@@H](N)Cc1ccccc1)C(C)C)[C@@H](C)O)C(=O)NCC(=O)N1C[C@H](O)C[C@H]1C(=O)N[C@@H](Cc1ccccc1)C(=O)N[C@@H](C)C(=O)N[C@@H](Cc1ccccc1)C(=O)O. The Kier molecular flexibility index (Phi) is 25.9. The predicted octanol–water partition coefficient (Wildman–Crippen LogP) is -2.22. The van der Waals surface area contributed by atoms with Crippen molar-refractivity contribution in [3.8, 4) is 0 Å². The maximum absolute atomic E-state index is 14.0. The van der Waals surface area contributed by atoms with Crippen molar-refractivity contribution in [3.05, 3.63) is 108 Å². The summed E-state index contributed by atoms with van der Waals surface area (Å²) < 4.78 is 0. The second kappa shape index (κ2) is 32.6. The number of β-amino-alcohol motifs (C(OH)–C–C–N with tert-alkyl or cyclic N) is 1. The molecule has 0 bridgehead atoms. The lowest BCUT2D eigenvalue weighted by Gasteiger charge is -2.32. The van der Waals surface area contributed by atoms with Crippen molar-refractivity contribution in [2.45, 2.75) is 159 Å². The van der Waals surface area contributed by atoms with E-state index in [9.17, 15) is 78.0 Å². The number of nitrogens with zero attached hydrogens (tertiary/aromatic N) is 2. The second-order valence-electron chi connectivity index (χ2n) is 22.6. The number of rotatable bonds is 30. The van der Waals surface area contributed by atoms with Gasteiger partial charge in [-0.15, -0.1) is 0 Å². The van der Waals surface area contributed by atoms with Gasteiger partial charge in [-0.25, -0.2) is 4.79 Å². The minimum atomic E-state index is -1.91. The highest BCUT2D eigenvalue weighted by molar-refractivity contribution is 5.99. The number of hydrogen-bond donors (Lipinski definition) is 13. The Morgan fingerprint density at radius 1 is 0.540 bits per heavy atom. The van der Waals surface area contributed by atoms with Crippen LogP contribution < -0.4 is 48.3 Å². The number of carboxylic acids is 2. The van der Waals surface area contributed by atoms with Crippen LogP contribution in [0.5, 0.6) is 0 Å². The average molecular weight is 1210 g/mol. The fourth-order valence-corrected chi connectivity index (χ4v) is 10.1. The predicted molar refractivity (Wildman–Crippen MR) is 313 cm³/mol. The zero-order valence-corrected chi connectivity index (χ0v) is 49.5. The third-order valence-corrected chi connectivity index (χ3v) is 14.9. The van der Waals surface area contributed by atoms with Gasteiger partial charge in [0.15, 0.2) is 0 Å². The molecule has 3 aromatic rings. The van der Waals surface area contributed by atoms with Gasteiger partial charge in [0.05, 0.1) is 31.2 Å². The van der Waals surface area contributed by atoms with Crippen LogP contribution in [0.25, 0.3) is 0 Å². The summed E-state index contributed by atoms with van der Waals surface area (Å²) in [6, 6.07) is 12.2. The Bertz CT molecular complexity index is 2920. The number of aliphatic hydroxyl groups is 2. The maximum atomic E-state index is 14.0. The first-order chi connectivity index (χ1) is 41.1. The molecule has 12 atom stereocenters. The molecule has 10 amide bonds. The highest BCUT2D eigenvalue weighted by atomic mass is 16.4. The monoisotopic (exact) mass is 1210 g/mol. The molecule has 0 spiro atoms. The first kappa shape index (κ1) is 69.0. The molecule has 27 heteroatoms. The van der Waals surface area contributed by atoms with Gasteiger partial charge in [0, 0.05) is 32.4 Å². The van der Waals surface area contributed by atoms with E-state index in [2.05, 4.69) is 42.5 Å². The van der Waals surface area contributed by atoms with E-state index < -0.39 is 168 Å². The molecular formula is C60H81N11O16. The molecule has 3 aromatic carbocycles. The quantitative estimate of drug-likeness (QED) is 0.0336. The van der Waals surface area contributed by atoms with Gasteiger partial charge in [-0.05, 0) is 61.6 Å². The number of carbonyl (C=O) groups excluding carboxylic acids is 10. The number of aliphatic carboxylic acids is 2. The van der Waals surface area contributed by atoms with Gasteiger partial charge in [0.25, 0.3) is 0 Å². The number of carbonyl (C=O) groups is 12. The largest absolute Gasteiger partial charge is 0.481 e. The number of aliphatic hydroxyl groups excluding tert-OH is 2. The van der Waals surface area contributed by atoms with Crippen LogP contribution in [0.2, 0.25) is 0 Å². The van der Waals surface area contributed by atoms with Crippen LogP contribution in [0.15, 0.2) is 91.0 Å². The molecule has 5 rings (SSSR count). The molecule has 472 valence electrons. The third-order valence-electron chi connectivity index (χ3n) is 14.9.